The fourth-order valence-electron chi connectivity index (χ4n) is 3.99. The standard InChI is InChI=1S/C30H34Cl2N2O2S/c1-4-22(3)33-30(36)28(17-23-11-6-5-7-12-23)34(18-25-26(31)14-9-15-27(25)32)29(35)20-37-19-24-13-8-10-21(2)16-24/h5-16,22,28H,4,17-20H2,1-3H3,(H,33,36)/t22-,28+/m0/s1. The van der Waals surface area contributed by atoms with Gasteiger partial charge in [0.25, 0.3) is 0 Å². The molecule has 3 aromatic carbocycles. The van der Waals surface area contributed by atoms with Crippen LogP contribution >= 0.6 is 35.0 Å². The molecule has 3 aromatic rings. The van der Waals surface area contributed by atoms with Crippen molar-refractivity contribution in [2.24, 2.45) is 0 Å². The third-order valence-electron chi connectivity index (χ3n) is 6.24. The molecule has 0 aromatic heterocycles. The Morgan fingerprint density at radius 3 is 2.24 bits per heavy atom. The second kappa shape index (κ2) is 14.5. The van der Waals surface area contributed by atoms with E-state index in [-0.39, 0.29) is 30.2 Å². The van der Waals surface area contributed by atoms with E-state index >= 15 is 0 Å². The third kappa shape index (κ3) is 8.80. The Balaban J connectivity index is 1.90. The minimum Gasteiger partial charge on any atom is -0.352 e. The van der Waals surface area contributed by atoms with Crippen LogP contribution in [0.25, 0.3) is 0 Å². The van der Waals surface area contributed by atoms with Crippen LogP contribution in [-0.2, 0) is 28.3 Å². The molecule has 4 nitrogen and oxygen atoms in total. The summed E-state index contributed by atoms with van der Waals surface area (Å²) in [5.41, 5.74) is 3.96. The summed E-state index contributed by atoms with van der Waals surface area (Å²) in [5.74, 6) is 0.626. The van der Waals surface area contributed by atoms with E-state index in [4.69, 9.17) is 23.2 Å². The van der Waals surface area contributed by atoms with Gasteiger partial charge in [-0.3, -0.25) is 9.59 Å². The highest BCUT2D eigenvalue weighted by Gasteiger charge is 2.31. The van der Waals surface area contributed by atoms with Crippen molar-refractivity contribution >= 4 is 46.8 Å². The number of aryl methyl sites for hydroxylation is 1. The van der Waals surface area contributed by atoms with Gasteiger partial charge in [0.1, 0.15) is 6.04 Å². The number of halogens is 2. The molecule has 2 atom stereocenters. The quantitative estimate of drug-likeness (QED) is 0.259. The first-order chi connectivity index (χ1) is 17.8. The maximum absolute atomic E-state index is 13.8. The summed E-state index contributed by atoms with van der Waals surface area (Å²) in [6.07, 6.45) is 1.18. The molecule has 1 N–H and O–H groups in total. The Morgan fingerprint density at radius 1 is 0.946 bits per heavy atom. The molecule has 0 aliphatic carbocycles. The minimum absolute atomic E-state index is 0.0117. The van der Waals surface area contributed by atoms with Crippen LogP contribution in [0.1, 0.15) is 42.5 Å². The van der Waals surface area contributed by atoms with E-state index in [1.807, 2.05) is 50.2 Å². The molecular formula is C30H34Cl2N2O2S. The maximum Gasteiger partial charge on any atom is 0.243 e. The van der Waals surface area contributed by atoms with Gasteiger partial charge in [0.15, 0.2) is 0 Å². The Morgan fingerprint density at radius 2 is 1.59 bits per heavy atom. The zero-order chi connectivity index (χ0) is 26.8. The topological polar surface area (TPSA) is 49.4 Å². The van der Waals surface area contributed by atoms with Crippen molar-refractivity contribution < 1.29 is 9.59 Å². The summed E-state index contributed by atoms with van der Waals surface area (Å²) in [6, 6.07) is 22.6. The number of benzene rings is 3. The number of carbonyl (C=O) groups excluding carboxylic acids is 2. The summed E-state index contributed by atoms with van der Waals surface area (Å²) in [7, 11) is 0. The first-order valence-corrected chi connectivity index (χ1v) is 14.4. The molecule has 0 spiro atoms. The highest BCUT2D eigenvalue weighted by molar-refractivity contribution is 7.99. The molecule has 0 fully saturated rings. The first-order valence-electron chi connectivity index (χ1n) is 12.5. The third-order valence-corrected chi connectivity index (χ3v) is 7.94. The predicted molar refractivity (Wildman–Crippen MR) is 156 cm³/mol. The second-order valence-electron chi connectivity index (χ2n) is 9.23. The molecule has 0 saturated carbocycles. The number of nitrogens with one attached hydrogen (secondary N) is 1. The second-order valence-corrected chi connectivity index (χ2v) is 11.0. The molecule has 0 unspecified atom stereocenters. The Bertz CT molecular complexity index is 1170. The molecule has 2 amide bonds. The van der Waals surface area contributed by atoms with Gasteiger partial charge in [0, 0.05) is 40.4 Å². The van der Waals surface area contributed by atoms with E-state index in [1.54, 1.807) is 23.1 Å². The number of thioether (sulfide) groups is 1. The first kappa shape index (κ1) is 29.1. The molecule has 0 saturated heterocycles. The van der Waals surface area contributed by atoms with Crippen molar-refractivity contribution in [2.45, 2.75) is 58.0 Å². The van der Waals surface area contributed by atoms with E-state index in [1.165, 1.54) is 17.3 Å². The fourth-order valence-corrected chi connectivity index (χ4v) is 5.36. The minimum atomic E-state index is -0.712. The van der Waals surface area contributed by atoms with E-state index in [2.05, 4.69) is 30.4 Å². The number of rotatable bonds is 12. The molecular weight excluding hydrogens is 523 g/mol. The number of carbonyl (C=O) groups is 2. The maximum atomic E-state index is 13.8. The number of hydrogen-bond donors (Lipinski definition) is 1. The lowest BCUT2D eigenvalue weighted by Crippen LogP contribution is -2.52. The van der Waals surface area contributed by atoms with Gasteiger partial charge in [0.05, 0.1) is 5.75 Å². The van der Waals surface area contributed by atoms with Gasteiger partial charge in [-0.1, -0.05) is 96.4 Å². The zero-order valence-corrected chi connectivity index (χ0v) is 23.9. The van der Waals surface area contributed by atoms with Gasteiger partial charge in [-0.2, -0.15) is 0 Å². The van der Waals surface area contributed by atoms with Crippen LogP contribution in [0.4, 0.5) is 0 Å². The predicted octanol–water partition coefficient (Wildman–Crippen LogP) is 7.09. The van der Waals surface area contributed by atoms with Crippen molar-refractivity contribution in [3.05, 3.63) is 105 Å². The van der Waals surface area contributed by atoms with Crippen LogP contribution in [-0.4, -0.2) is 34.6 Å². The van der Waals surface area contributed by atoms with Gasteiger partial charge < -0.3 is 10.2 Å². The summed E-state index contributed by atoms with van der Waals surface area (Å²) >= 11 is 14.5. The molecule has 0 aliphatic heterocycles. The van der Waals surface area contributed by atoms with Crippen molar-refractivity contribution in [2.75, 3.05) is 5.75 Å². The molecule has 0 heterocycles. The molecule has 0 aliphatic rings. The van der Waals surface area contributed by atoms with Gasteiger partial charge in [0.2, 0.25) is 11.8 Å². The summed E-state index contributed by atoms with van der Waals surface area (Å²) in [6.45, 7) is 6.18. The molecule has 0 radical (unpaired) electrons. The van der Waals surface area contributed by atoms with Crippen LogP contribution < -0.4 is 5.32 Å². The SMILES string of the molecule is CC[C@H](C)NC(=O)[C@@H](Cc1ccccc1)N(Cc1c(Cl)cccc1Cl)C(=O)CSCc1cccc(C)c1. The number of nitrogens with zero attached hydrogens (tertiary/aromatic N) is 1. The normalized spacial score (nSPS) is 12.6. The van der Waals surface area contributed by atoms with Gasteiger partial charge >= 0.3 is 0 Å². The smallest absolute Gasteiger partial charge is 0.243 e. The van der Waals surface area contributed by atoms with E-state index in [0.29, 0.717) is 27.8 Å². The van der Waals surface area contributed by atoms with Crippen LogP contribution in [0.3, 0.4) is 0 Å². The van der Waals surface area contributed by atoms with Crippen LogP contribution in [0.2, 0.25) is 10.0 Å². The summed E-state index contributed by atoms with van der Waals surface area (Å²) < 4.78 is 0. The average Bonchev–Trinajstić information content (AvgIpc) is 2.88. The monoisotopic (exact) mass is 556 g/mol. The fraction of sp³-hybridized carbons (Fsp3) is 0.333. The Hall–Kier alpha value is -2.47. The van der Waals surface area contributed by atoms with Crippen molar-refractivity contribution in [1.82, 2.24) is 10.2 Å². The molecule has 7 heteroatoms. The number of amides is 2. The average molecular weight is 558 g/mol. The van der Waals surface area contributed by atoms with Crippen LogP contribution in [0.15, 0.2) is 72.8 Å². The summed E-state index contributed by atoms with van der Waals surface area (Å²) in [4.78, 5) is 29.0. The van der Waals surface area contributed by atoms with Gasteiger partial charge in [-0.15, -0.1) is 11.8 Å². The van der Waals surface area contributed by atoms with Crippen LogP contribution in [0, 0.1) is 6.92 Å². The summed E-state index contributed by atoms with van der Waals surface area (Å²) in [5, 5.41) is 4.02. The van der Waals surface area contributed by atoms with E-state index in [0.717, 1.165) is 17.5 Å². The zero-order valence-electron chi connectivity index (χ0n) is 21.5. The van der Waals surface area contributed by atoms with Crippen molar-refractivity contribution in [1.29, 1.82) is 0 Å². The molecule has 3 rings (SSSR count). The highest BCUT2D eigenvalue weighted by Crippen LogP contribution is 2.28. The van der Waals surface area contributed by atoms with Crippen molar-refractivity contribution in [3.8, 4) is 0 Å². The van der Waals surface area contributed by atoms with Crippen LogP contribution in [0.5, 0.6) is 0 Å². The lowest BCUT2D eigenvalue weighted by molar-refractivity contribution is -0.139. The largest absolute Gasteiger partial charge is 0.352 e. The van der Waals surface area contributed by atoms with Gasteiger partial charge in [-0.05, 0) is 43.5 Å². The Labute approximate surface area is 234 Å². The Kier molecular flexibility index (Phi) is 11.4. The molecule has 0 bridgehead atoms. The molecule has 37 heavy (non-hydrogen) atoms. The molecule has 196 valence electrons. The lowest BCUT2D eigenvalue weighted by Gasteiger charge is -2.32. The van der Waals surface area contributed by atoms with E-state index in [9.17, 15) is 9.59 Å². The number of hydrogen-bond acceptors (Lipinski definition) is 3. The van der Waals surface area contributed by atoms with E-state index < -0.39 is 6.04 Å². The van der Waals surface area contributed by atoms with Crippen molar-refractivity contribution in [3.63, 3.8) is 0 Å². The lowest BCUT2D eigenvalue weighted by atomic mass is 10.0. The highest BCUT2D eigenvalue weighted by atomic mass is 35.5. The van der Waals surface area contributed by atoms with Gasteiger partial charge in [-0.25, -0.2) is 0 Å².